The molecule has 0 heterocycles. The molecule has 4 heteroatoms. The molecular weight excluding hydrogens is 228 g/mol. The second kappa shape index (κ2) is 4.35. The van der Waals surface area contributed by atoms with Gasteiger partial charge >= 0.3 is 0 Å². The Hall–Kier alpha value is -1.42. The lowest BCUT2D eigenvalue weighted by Crippen LogP contribution is -2.24. The van der Waals surface area contributed by atoms with Crippen molar-refractivity contribution >= 4 is 5.69 Å². The first-order valence-corrected chi connectivity index (χ1v) is 6.64. The minimum atomic E-state index is -0.358. The van der Waals surface area contributed by atoms with E-state index in [4.69, 9.17) is 0 Å². The molecule has 0 atom stereocenters. The smallest absolute Gasteiger partial charge is 0.269 e. The highest BCUT2D eigenvalue weighted by Gasteiger charge is 2.53. The van der Waals surface area contributed by atoms with Crippen LogP contribution in [0.5, 0.6) is 0 Å². The normalized spacial score (nSPS) is 20.7. The van der Waals surface area contributed by atoms with Crippen LogP contribution < -0.4 is 5.32 Å². The third-order valence-corrected chi connectivity index (χ3v) is 4.29. The molecule has 0 radical (unpaired) electrons. The predicted octanol–water partition coefficient (Wildman–Crippen LogP) is 2.87. The Balaban J connectivity index is 1.49. The Labute approximate surface area is 107 Å². The van der Waals surface area contributed by atoms with Crippen LogP contribution in [0.25, 0.3) is 0 Å². The van der Waals surface area contributed by atoms with Crippen LogP contribution in [0.15, 0.2) is 24.3 Å². The van der Waals surface area contributed by atoms with E-state index in [0.717, 1.165) is 24.6 Å². The van der Waals surface area contributed by atoms with Crippen LogP contribution in [0.3, 0.4) is 0 Å². The Bertz CT molecular complexity index is 447. The molecule has 0 aliphatic heterocycles. The van der Waals surface area contributed by atoms with Gasteiger partial charge in [0, 0.05) is 25.2 Å². The molecule has 0 aromatic heterocycles. The van der Waals surface area contributed by atoms with Gasteiger partial charge in [-0.05, 0) is 42.6 Å². The van der Waals surface area contributed by atoms with Gasteiger partial charge in [-0.2, -0.15) is 0 Å². The summed E-state index contributed by atoms with van der Waals surface area (Å²) in [4.78, 5) is 10.2. The molecule has 3 rings (SSSR count). The molecule has 2 fully saturated rings. The molecule has 0 unspecified atom stereocenters. The molecule has 0 spiro atoms. The van der Waals surface area contributed by atoms with Crippen molar-refractivity contribution in [3.63, 3.8) is 0 Å². The third-order valence-electron chi connectivity index (χ3n) is 4.29. The molecule has 0 saturated heterocycles. The first-order chi connectivity index (χ1) is 8.70. The molecule has 0 bridgehead atoms. The molecule has 2 aliphatic rings. The summed E-state index contributed by atoms with van der Waals surface area (Å²) in [5.41, 5.74) is 1.89. The van der Waals surface area contributed by atoms with E-state index in [1.807, 2.05) is 12.1 Å². The number of hydrogen-bond donors (Lipinski definition) is 1. The van der Waals surface area contributed by atoms with Crippen molar-refractivity contribution in [2.24, 2.45) is 11.3 Å². The van der Waals surface area contributed by atoms with Gasteiger partial charge in [-0.1, -0.05) is 12.1 Å². The van der Waals surface area contributed by atoms with Crippen molar-refractivity contribution in [2.45, 2.75) is 32.2 Å². The SMILES string of the molecule is O=[N+]([O-])c1ccc(CNCC2(C3CC3)CC2)cc1. The van der Waals surface area contributed by atoms with Crippen LogP contribution in [0.2, 0.25) is 0 Å². The minimum absolute atomic E-state index is 0.162. The van der Waals surface area contributed by atoms with Crippen molar-refractivity contribution in [3.05, 3.63) is 39.9 Å². The van der Waals surface area contributed by atoms with Crippen molar-refractivity contribution in [1.29, 1.82) is 0 Å². The number of benzene rings is 1. The lowest BCUT2D eigenvalue weighted by atomic mass is 10.0. The average molecular weight is 246 g/mol. The quantitative estimate of drug-likeness (QED) is 0.620. The second-order valence-corrected chi connectivity index (χ2v) is 5.66. The fourth-order valence-corrected chi connectivity index (χ4v) is 2.78. The molecule has 2 aliphatic carbocycles. The van der Waals surface area contributed by atoms with Gasteiger partial charge in [-0.15, -0.1) is 0 Å². The number of non-ortho nitro benzene ring substituents is 1. The predicted molar refractivity (Wildman–Crippen MR) is 69.2 cm³/mol. The molecule has 1 N–H and O–H groups in total. The highest BCUT2D eigenvalue weighted by Crippen LogP contribution is 2.60. The van der Waals surface area contributed by atoms with Crippen LogP contribution in [0.4, 0.5) is 5.69 Å². The number of hydrogen-bond acceptors (Lipinski definition) is 3. The molecule has 2 saturated carbocycles. The highest BCUT2D eigenvalue weighted by molar-refractivity contribution is 5.32. The summed E-state index contributed by atoms with van der Waals surface area (Å²) < 4.78 is 0. The Kier molecular flexibility index (Phi) is 2.82. The average Bonchev–Trinajstić information content (AvgIpc) is 3.23. The van der Waals surface area contributed by atoms with Gasteiger partial charge in [0.25, 0.3) is 5.69 Å². The number of nitrogens with one attached hydrogen (secondary N) is 1. The first-order valence-electron chi connectivity index (χ1n) is 6.64. The summed E-state index contributed by atoms with van der Waals surface area (Å²) in [6.45, 7) is 1.92. The monoisotopic (exact) mass is 246 g/mol. The van der Waals surface area contributed by atoms with E-state index in [1.165, 1.54) is 25.7 Å². The summed E-state index contributed by atoms with van der Waals surface area (Å²) in [7, 11) is 0. The summed E-state index contributed by atoms with van der Waals surface area (Å²) in [5, 5.41) is 14.0. The first kappa shape index (κ1) is 11.7. The van der Waals surface area contributed by atoms with Crippen LogP contribution >= 0.6 is 0 Å². The molecule has 1 aromatic carbocycles. The third kappa shape index (κ3) is 2.38. The Morgan fingerprint density at radius 1 is 1.28 bits per heavy atom. The lowest BCUT2D eigenvalue weighted by Gasteiger charge is -2.14. The number of nitrogens with zero attached hydrogens (tertiary/aromatic N) is 1. The number of nitro groups is 1. The van der Waals surface area contributed by atoms with Gasteiger partial charge in [0.2, 0.25) is 0 Å². The van der Waals surface area contributed by atoms with E-state index in [1.54, 1.807) is 12.1 Å². The summed E-state index contributed by atoms with van der Waals surface area (Å²) >= 11 is 0. The van der Waals surface area contributed by atoms with E-state index in [-0.39, 0.29) is 10.6 Å². The summed E-state index contributed by atoms with van der Waals surface area (Å²) in [5.74, 6) is 0.974. The molecule has 1 aromatic rings. The maximum absolute atomic E-state index is 10.5. The van der Waals surface area contributed by atoms with Crippen molar-refractivity contribution in [3.8, 4) is 0 Å². The van der Waals surface area contributed by atoms with Gasteiger partial charge in [0.1, 0.15) is 0 Å². The van der Waals surface area contributed by atoms with E-state index >= 15 is 0 Å². The molecular formula is C14H18N2O2. The zero-order valence-corrected chi connectivity index (χ0v) is 10.4. The Morgan fingerprint density at radius 3 is 2.44 bits per heavy atom. The largest absolute Gasteiger partial charge is 0.312 e. The fraction of sp³-hybridized carbons (Fsp3) is 0.571. The highest BCUT2D eigenvalue weighted by atomic mass is 16.6. The second-order valence-electron chi connectivity index (χ2n) is 5.66. The molecule has 96 valence electrons. The number of rotatable bonds is 6. The number of nitro benzene ring substituents is 1. The van der Waals surface area contributed by atoms with Crippen LogP contribution in [-0.2, 0) is 6.54 Å². The molecule has 0 amide bonds. The molecule has 18 heavy (non-hydrogen) atoms. The summed E-state index contributed by atoms with van der Waals surface area (Å²) in [6.07, 6.45) is 5.59. The standard InChI is InChI=1S/C14H18N2O2/c17-16(18)13-5-1-11(2-6-13)9-15-10-14(7-8-14)12-3-4-12/h1-2,5-6,12,15H,3-4,7-10H2. The van der Waals surface area contributed by atoms with Crippen molar-refractivity contribution in [1.82, 2.24) is 5.32 Å². The van der Waals surface area contributed by atoms with Gasteiger partial charge in [-0.25, -0.2) is 0 Å². The zero-order valence-electron chi connectivity index (χ0n) is 10.4. The summed E-state index contributed by atoms with van der Waals surface area (Å²) in [6, 6.07) is 6.82. The van der Waals surface area contributed by atoms with E-state index < -0.39 is 0 Å². The van der Waals surface area contributed by atoms with E-state index in [2.05, 4.69) is 5.32 Å². The fourth-order valence-electron chi connectivity index (χ4n) is 2.78. The Morgan fingerprint density at radius 2 is 1.94 bits per heavy atom. The van der Waals surface area contributed by atoms with E-state index in [0.29, 0.717) is 5.41 Å². The van der Waals surface area contributed by atoms with Gasteiger partial charge in [-0.3, -0.25) is 10.1 Å². The van der Waals surface area contributed by atoms with Crippen LogP contribution in [-0.4, -0.2) is 11.5 Å². The van der Waals surface area contributed by atoms with Crippen molar-refractivity contribution < 1.29 is 4.92 Å². The lowest BCUT2D eigenvalue weighted by molar-refractivity contribution is -0.384. The van der Waals surface area contributed by atoms with Gasteiger partial charge in [0.15, 0.2) is 0 Å². The van der Waals surface area contributed by atoms with Crippen LogP contribution in [0, 0.1) is 21.4 Å². The zero-order chi connectivity index (χ0) is 12.6. The minimum Gasteiger partial charge on any atom is -0.312 e. The molecule has 4 nitrogen and oxygen atoms in total. The van der Waals surface area contributed by atoms with Crippen LogP contribution in [0.1, 0.15) is 31.2 Å². The maximum Gasteiger partial charge on any atom is 0.269 e. The topological polar surface area (TPSA) is 55.2 Å². The van der Waals surface area contributed by atoms with Gasteiger partial charge in [0.05, 0.1) is 4.92 Å². The maximum atomic E-state index is 10.5. The van der Waals surface area contributed by atoms with Crippen molar-refractivity contribution in [2.75, 3.05) is 6.54 Å². The van der Waals surface area contributed by atoms with Gasteiger partial charge < -0.3 is 5.32 Å². The van der Waals surface area contributed by atoms with E-state index in [9.17, 15) is 10.1 Å².